The summed E-state index contributed by atoms with van der Waals surface area (Å²) in [6.07, 6.45) is 3.93. The zero-order chi connectivity index (χ0) is 22.3. The number of imide groups is 1. The van der Waals surface area contributed by atoms with Crippen molar-refractivity contribution in [3.05, 3.63) is 34.9 Å². The van der Waals surface area contributed by atoms with Gasteiger partial charge in [-0.1, -0.05) is 12.1 Å². The molecule has 32 heavy (non-hydrogen) atoms. The van der Waals surface area contributed by atoms with E-state index in [0.717, 1.165) is 50.0 Å². The van der Waals surface area contributed by atoms with Crippen LogP contribution < -0.4 is 10.6 Å². The Hall–Kier alpha value is -2.94. The molecule has 0 radical (unpaired) electrons. The van der Waals surface area contributed by atoms with Gasteiger partial charge in [0.25, 0.3) is 5.91 Å². The fourth-order valence-electron chi connectivity index (χ4n) is 5.28. The van der Waals surface area contributed by atoms with Crippen LogP contribution in [0.5, 0.6) is 0 Å². The summed E-state index contributed by atoms with van der Waals surface area (Å²) < 4.78 is 10.9. The minimum atomic E-state index is -0.634. The molecule has 3 aliphatic heterocycles. The van der Waals surface area contributed by atoms with Crippen LogP contribution in [-0.4, -0.2) is 54.1 Å². The quantitative estimate of drug-likeness (QED) is 0.687. The lowest BCUT2D eigenvalue weighted by molar-refractivity contribution is -0.136. The lowest BCUT2D eigenvalue weighted by atomic mass is 9.62. The lowest BCUT2D eigenvalue weighted by Crippen LogP contribution is -2.52. The first-order valence-electron chi connectivity index (χ1n) is 11.2. The highest BCUT2D eigenvalue weighted by atomic mass is 16.6. The van der Waals surface area contributed by atoms with Gasteiger partial charge in [-0.2, -0.15) is 0 Å². The Morgan fingerprint density at radius 1 is 1.22 bits per heavy atom. The molecule has 0 aromatic heterocycles. The average Bonchev–Trinajstić information content (AvgIpc) is 3.08. The molecule has 5 rings (SSSR count). The van der Waals surface area contributed by atoms with E-state index in [1.807, 2.05) is 12.1 Å². The fraction of sp³-hybridized carbons (Fsp3) is 0.565. The number of carbonyl (C=O) groups excluding carboxylic acids is 4. The summed E-state index contributed by atoms with van der Waals surface area (Å²) in [4.78, 5) is 50.2. The van der Waals surface area contributed by atoms with Gasteiger partial charge in [-0.25, -0.2) is 4.79 Å². The summed E-state index contributed by atoms with van der Waals surface area (Å²) in [7, 11) is 0. The summed E-state index contributed by atoms with van der Waals surface area (Å²) in [6.45, 7) is 2.17. The van der Waals surface area contributed by atoms with Gasteiger partial charge in [-0.15, -0.1) is 0 Å². The van der Waals surface area contributed by atoms with Crippen LogP contribution in [0.2, 0.25) is 0 Å². The molecule has 170 valence electrons. The maximum Gasteiger partial charge on any atom is 0.407 e. The third-order valence-electron chi connectivity index (χ3n) is 7.18. The highest BCUT2D eigenvalue weighted by Crippen LogP contribution is 2.49. The first kappa shape index (κ1) is 20.9. The number of fused-ring (bicyclic) bond motifs is 1. The van der Waals surface area contributed by atoms with Crippen molar-refractivity contribution in [2.75, 3.05) is 13.2 Å². The van der Waals surface area contributed by atoms with E-state index in [0.29, 0.717) is 18.5 Å². The number of nitrogens with zero attached hydrogens (tertiary/aromatic N) is 1. The average molecular weight is 441 g/mol. The molecule has 1 aliphatic carbocycles. The van der Waals surface area contributed by atoms with Gasteiger partial charge in [0, 0.05) is 38.3 Å². The normalized spacial score (nSPS) is 24.7. The van der Waals surface area contributed by atoms with Gasteiger partial charge < -0.3 is 19.7 Å². The molecule has 2 N–H and O–H groups in total. The van der Waals surface area contributed by atoms with E-state index >= 15 is 0 Å². The van der Waals surface area contributed by atoms with Crippen LogP contribution in [0.25, 0.3) is 0 Å². The molecule has 9 heteroatoms. The minimum absolute atomic E-state index is 0.0447. The minimum Gasteiger partial charge on any atom is -0.446 e. The smallest absolute Gasteiger partial charge is 0.407 e. The molecule has 1 atom stereocenters. The molecular formula is C23H27N3O6. The number of hydrogen-bond acceptors (Lipinski definition) is 6. The summed E-state index contributed by atoms with van der Waals surface area (Å²) in [5.74, 6) is -0.957. The standard InChI is InChI=1S/C23H27N3O6/c27-19-4-3-18(20(28)25-19)26-13-15-2-1-14(9-17(15)21(26)29)12-24-22(30)32-16-10-23(11-16)5-7-31-8-6-23/h1-2,9,16,18H,3-8,10-13H2,(H,24,30)(H,25,27,28). The highest BCUT2D eigenvalue weighted by molar-refractivity contribution is 6.05. The van der Waals surface area contributed by atoms with Gasteiger partial charge in [-0.3, -0.25) is 19.7 Å². The van der Waals surface area contributed by atoms with Gasteiger partial charge in [0.05, 0.1) is 0 Å². The van der Waals surface area contributed by atoms with E-state index in [2.05, 4.69) is 10.6 Å². The van der Waals surface area contributed by atoms with Gasteiger partial charge in [-0.05, 0) is 54.7 Å². The van der Waals surface area contributed by atoms with Crippen molar-refractivity contribution in [2.45, 2.75) is 63.8 Å². The zero-order valence-corrected chi connectivity index (χ0v) is 17.9. The highest BCUT2D eigenvalue weighted by Gasteiger charge is 2.46. The van der Waals surface area contributed by atoms with Crippen LogP contribution in [0.1, 0.15) is 60.0 Å². The van der Waals surface area contributed by atoms with Crippen LogP contribution >= 0.6 is 0 Å². The molecule has 3 heterocycles. The zero-order valence-electron chi connectivity index (χ0n) is 17.9. The predicted octanol–water partition coefficient (Wildman–Crippen LogP) is 1.63. The van der Waals surface area contributed by atoms with Crippen molar-refractivity contribution < 1.29 is 28.7 Å². The number of ether oxygens (including phenoxy) is 2. The molecule has 1 unspecified atom stereocenters. The summed E-state index contributed by atoms with van der Waals surface area (Å²) >= 11 is 0. The van der Waals surface area contributed by atoms with Crippen molar-refractivity contribution in [2.24, 2.45) is 5.41 Å². The molecule has 1 aromatic rings. The van der Waals surface area contributed by atoms with Gasteiger partial charge in [0.2, 0.25) is 11.8 Å². The molecule has 1 spiro atoms. The van der Waals surface area contributed by atoms with Gasteiger partial charge in [0.1, 0.15) is 12.1 Å². The molecule has 4 aliphatic rings. The second kappa shape index (κ2) is 8.20. The first-order chi connectivity index (χ1) is 15.4. The molecular weight excluding hydrogens is 414 g/mol. The summed E-state index contributed by atoms with van der Waals surface area (Å²) in [6, 6.07) is 4.83. The van der Waals surface area contributed by atoms with Crippen molar-refractivity contribution in [1.82, 2.24) is 15.5 Å². The van der Waals surface area contributed by atoms with E-state index in [4.69, 9.17) is 9.47 Å². The van der Waals surface area contributed by atoms with Crippen LogP contribution in [0, 0.1) is 5.41 Å². The van der Waals surface area contributed by atoms with Crippen molar-refractivity contribution in [3.63, 3.8) is 0 Å². The monoisotopic (exact) mass is 441 g/mol. The lowest BCUT2D eigenvalue weighted by Gasteiger charge is -2.49. The number of piperidine rings is 1. The number of hydrogen-bond donors (Lipinski definition) is 2. The van der Waals surface area contributed by atoms with Crippen LogP contribution in [0.15, 0.2) is 18.2 Å². The Bertz CT molecular complexity index is 962. The van der Waals surface area contributed by atoms with Crippen LogP contribution in [0.4, 0.5) is 4.79 Å². The molecule has 1 aromatic carbocycles. The Balaban J connectivity index is 1.13. The summed E-state index contributed by atoms with van der Waals surface area (Å²) in [5, 5.41) is 5.07. The van der Waals surface area contributed by atoms with Crippen molar-refractivity contribution in [1.29, 1.82) is 0 Å². The SMILES string of the molecule is O=C1CCC(N2Cc3ccc(CNC(=O)OC4CC5(CCOCC5)C4)cc3C2=O)C(=O)N1. The molecule has 2 saturated heterocycles. The number of amides is 4. The maximum absolute atomic E-state index is 12.9. The molecule has 1 saturated carbocycles. The van der Waals surface area contributed by atoms with Gasteiger partial charge >= 0.3 is 6.09 Å². The Morgan fingerprint density at radius 2 is 2.00 bits per heavy atom. The third-order valence-corrected chi connectivity index (χ3v) is 7.18. The molecule has 3 fully saturated rings. The molecule has 0 bridgehead atoms. The van der Waals surface area contributed by atoms with E-state index in [9.17, 15) is 19.2 Å². The number of alkyl carbamates (subject to hydrolysis) is 1. The molecule has 4 amide bonds. The molecule has 9 nitrogen and oxygen atoms in total. The maximum atomic E-state index is 12.9. The number of carbonyl (C=O) groups is 4. The van der Waals surface area contributed by atoms with Crippen molar-refractivity contribution >= 4 is 23.8 Å². The second-order valence-electron chi connectivity index (χ2n) is 9.29. The van der Waals surface area contributed by atoms with E-state index in [1.54, 1.807) is 6.07 Å². The van der Waals surface area contributed by atoms with E-state index in [-0.39, 0.29) is 36.3 Å². The van der Waals surface area contributed by atoms with E-state index < -0.39 is 18.0 Å². The Morgan fingerprint density at radius 3 is 2.75 bits per heavy atom. The second-order valence-corrected chi connectivity index (χ2v) is 9.29. The van der Waals surface area contributed by atoms with Gasteiger partial charge in [0.15, 0.2) is 0 Å². The first-order valence-corrected chi connectivity index (χ1v) is 11.2. The predicted molar refractivity (Wildman–Crippen MR) is 111 cm³/mol. The van der Waals surface area contributed by atoms with Crippen molar-refractivity contribution in [3.8, 4) is 0 Å². The van der Waals surface area contributed by atoms with Crippen LogP contribution in [-0.2, 0) is 32.2 Å². The third kappa shape index (κ3) is 3.97. The van der Waals surface area contributed by atoms with Crippen LogP contribution in [0.3, 0.4) is 0 Å². The topological polar surface area (TPSA) is 114 Å². The number of nitrogens with one attached hydrogen (secondary N) is 2. The fourth-order valence-corrected chi connectivity index (χ4v) is 5.28. The number of benzene rings is 1. The van der Waals surface area contributed by atoms with E-state index in [1.165, 1.54) is 4.90 Å². The Labute approximate surface area is 185 Å². The number of rotatable bonds is 4. The summed E-state index contributed by atoms with van der Waals surface area (Å²) in [5.41, 5.74) is 2.44. The Kier molecular flexibility index (Phi) is 5.36. The largest absolute Gasteiger partial charge is 0.446 e.